The van der Waals surface area contributed by atoms with Gasteiger partial charge in [-0.3, -0.25) is 13.9 Å². The lowest BCUT2D eigenvalue weighted by atomic mass is 10.1. The number of alkyl halides is 3. The number of halogens is 3. The first-order valence-electron chi connectivity index (χ1n) is 7.33. The lowest BCUT2D eigenvalue weighted by Gasteiger charge is -2.23. The van der Waals surface area contributed by atoms with Crippen molar-refractivity contribution in [2.24, 2.45) is 0 Å². The van der Waals surface area contributed by atoms with Crippen LogP contribution in [0.25, 0.3) is 5.78 Å². The molecule has 1 N–H and O–H groups in total. The Balaban J connectivity index is 1.98. The molecule has 25 heavy (non-hydrogen) atoms. The summed E-state index contributed by atoms with van der Waals surface area (Å²) in [6.07, 6.45) is 2.16. The number of carbonyl (C=O) groups is 1. The minimum absolute atomic E-state index is 0.243. The molecule has 0 saturated heterocycles. The Labute approximate surface area is 140 Å². The van der Waals surface area contributed by atoms with Crippen molar-refractivity contribution in [1.29, 1.82) is 0 Å². The molecule has 3 aromatic heterocycles. The molecule has 0 bridgehead atoms. The molecule has 0 radical (unpaired) electrons. The molecule has 3 aromatic rings. The van der Waals surface area contributed by atoms with E-state index in [0.717, 1.165) is 10.9 Å². The second-order valence-electron chi connectivity index (χ2n) is 6.42. The number of hydrogen-bond acceptors (Lipinski definition) is 4. The molecule has 0 aromatic carbocycles. The average molecular weight is 352 g/mol. The summed E-state index contributed by atoms with van der Waals surface area (Å²) in [4.78, 5) is 20.3. The van der Waals surface area contributed by atoms with Gasteiger partial charge in [0.1, 0.15) is 0 Å². The fourth-order valence-corrected chi connectivity index (χ4v) is 2.38. The van der Waals surface area contributed by atoms with Crippen LogP contribution in [-0.4, -0.2) is 30.1 Å². The average Bonchev–Trinajstić information content (AvgIpc) is 3.12. The predicted molar refractivity (Wildman–Crippen MR) is 83.2 cm³/mol. The molecule has 0 aliphatic rings. The number of aromatic nitrogens is 5. The Hall–Kier alpha value is -2.91. The van der Waals surface area contributed by atoms with E-state index in [1.54, 1.807) is 31.4 Å². The van der Waals surface area contributed by atoms with E-state index < -0.39 is 28.9 Å². The number of hydrogen-bond donors (Lipinski definition) is 1. The maximum atomic E-state index is 13.5. The van der Waals surface area contributed by atoms with Crippen LogP contribution >= 0.6 is 0 Å². The van der Waals surface area contributed by atoms with E-state index in [9.17, 15) is 18.0 Å². The molecule has 7 nitrogen and oxygen atoms in total. The van der Waals surface area contributed by atoms with Crippen molar-refractivity contribution in [2.75, 3.05) is 5.32 Å². The number of nitrogens with one attached hydrogen (secondary N) is 1. The summed E-state index contributed by atoms with van der Waals surface area (Å²) in [6, 6.07) is 0. The quantitative estimate of drug-likeness (QED) is 0.769. The minimum Gasteiger partial charge on any atom is -0.319 e. The molecule has 3 heterocycles. The lowest BCUT2D eigenvalue weighted by molar-refractivity contribution is -0.146. The Morgan fingerprint density at radius 1 is 1.16 bits per heavy atom. The fourth-order valence-electron chi connectivity index (χ4n) is 2.38. The molecule has 0 saturated carbocycles. The molecule has 10 heteroatoms. The van der Waals surface area contributed by atoms with Crippen LogP contribution < -0.4 is 5.32 Å². The van der Waals surface area contributed by atoms with Crippen LogP contribution in [0.3, 0.4) is 0 Å². The van der Waals surface area contributed by atoms with Gasteiger partial charge >= 0.3 is 6.18 Å². The van der Waals surface area contributed by atoms with Crippen molar-refractivity contribution >= 4 is 17.4 Å². The highest BCUT2D eigenvalue weighted by atomic mass is 19.4. The standard InChI is InChI=1S/C15H15F3N6O/c1-14(2,3)24-11(15(16,17)18)10(7-21-24)12(25)22-9-6-20-13-19-4-5-23(13)8-9/h4-8H,1-3H3,(H,22,25). The lowest BCUT2D eigenvalue weighted by Crippen LogP contribution is -2.30. The van der Waals surface area contributed by atoms with Crippen molar-refractivity contribution in [3.8, 4) is 0 Å². The summed E-state index contributed by atoms with van der Waals surface area (Å²) in [5.74, 6) is -0.501. The van der Waals surface area contributed by atoms with Crippen molar-refractivity contribution in [3.05, 3.63) is 42.2 Å². The number of imidazole rings is 1. The van der Waals surface area contributed by atoms with Crippen molar-refractivity contribution in [2.45, 2.75) is 32.5 Å². The SMILES string of the molecule is CC(C)(C)n1ncc(C(=O)Nc2cnc3nccn3c2)c1C(F)(F)F. The largest absolute Gasteiger partial charge is 0.433 e. The van der Waals surface area contributed by atoms with Gasteiger partial charge in [0, 0.05) is 18.6 Å². The van der Waals surface area contributed by atoms with Gasteiger partial charge in [0.25, 0.3) is 5.91 Å². The third-order valence-corrected chi connectivity index (χ3v) is 3.42. The number of nitrogens with zero attached hydrogens (tertiary/aromatic N) is 5. The van der Waals surface area contributed by atoms with E-state index in [2.05, 4.69) is 20.4 Å². The van der Waals surface area contributed by atoms with E-state index >= 15 is 0 Å². The van der Waals surface area contributed by atoms with Crippen LogP contribution in [-0.2, 0) is 11.7 Å². The van der Waals surface area contributed by atoms with Gasteiger partial charge in [-0.25, -0.2) is 9.97 Å². The highest BCUT2D eigenvalue weighted by Crippen LogP contribution is 2.35. The first-order valence-corrected chi connectivity index (χ1v) is 7.33. The zero-order valence-corrected chi connectivity index (χ0v) is 13.7. The molecule has 0 aliphatic carbocycles. The summed E-state index contributed by atoms with van der Waals surface area (Å²) in [7, 11) is 0. The second-order valence-corrected chi connectivity index (χ2v) is 6.42. The smallest absolute Gasteiger partial charge is 0.319 e. The first kappa shape index (κ1) is 16.9. The Morgan fingerprint density at radius 2 is 1.88 bits per heavy atom. The molecule has 0 spiro atoms. The van der Waals surface area contributed by atoms with Crippen molar-refractivity contribution in [1.82, 2.24) is 24.1 Å². The molecule has 0 atom stereocenters. The van der Waals surface area contributed by atoms with Gasteiger partial charge in [-0.1, -0.05) is 0 Å². The zero-order valence-electron chi connectivity index (χ0n) is 13.7. The van der Waals surface area contributed by atoms with Crippen LogP contribution in [0.15, 0.2) is 31.0 Å². The van der Waals surface area contributed by atoms with Gasteiger partial charge in [-0.15, -0.1) is 0 Å². The van der Waals surface area contributed by atoms with Crippen molar-refractivity contribution in [3.63, 3.8) is 0 Å². The Bertz CT molecular complexity index is 935. The second kappa shape index (κ2) is 5.57. The van der Waals surface area contributed by atoms with E-state index in [4.69, 9.17) is 0 Å². The van der Waals surface area contributed by atoms with E-state index in [1.807, 2.05) is 0 Å². The molecule has 0 fully saturated rings. The number of carbonyl (C=O) groups excluding carboxylic acids is 1. The third kappa shape index (κ3) is 3.19. The number of rotatable bonds is 2. The van der Waals surface area contributed by atoms with Gasteiger partial charge < -0.3 is 5.32 Å². The van der Waals surface area contributed by atoms with Crippen LogP contribution in [0.5, 0.6) is 0 Å². The summed E-state index contributed by atoms with van der Waals surface area (Å²) in [6.45, 7) is 4.73. The summed E-state index contributed by atoms with van der Waals surface area (Å²) in [5.41, 5.74) is -2.32. The van der Waals surface area contributed by atoms with E-state index in [1.165, 1.54) is 18.6 Å². The number of amides is 1. The topological polar surface area (TPSA) is 77.1 Å². The normalized spacial score (nSPS) is 12.6. The molecule has 1 amide bonds. The van der Waals surface area contributed by atoms with Crippen LogP contribution in [0.2, 0.25) is 0 Å². The van der Waals surface area contributed by atoms with Gasteiger partial charge in [0.15, 0.2) is 5.69 Å². The highest BCUT2D eigenvalue weighted by Gasteiger charge is 2.42. The minimum atomic E-state index is -4.72. The fraction of sp³-hybridized carbons (Fsp3) is 0.333. The first-order chi connectivity index (χ1) is 11.6. The van der Waals surface area contributed by atoms with Crippen molar-refractivity contribution < 1.29 is 18.0 Å². The maximum absolute atomic E-state index is 13.5. The predicted octanol–water partition coefficient (Wildman–Crippen LogP) is 2.95. The Kier molecular flexibility index (Phi) is 3.77. The summed E-state index contributed by atoms with van der Waals surface area (Å²) in [5, 5.41) is 6.18. The van der Waals surface area contributed by atoms with Gasteiger partial charge in [-0.2, -0.15) is 18.3 Å². The van der Waals surface area contributed by atoms with Crippen LogP contribution in [0, 0.1) is 0 Å². The van der Waals surface area contributed by atoms with E-state index in [-0.39, 0.29) is 5.69 Å². The van der Waals surface area contributed by atoms with Gasteiger partial charge in [0.05, 0.1) is 29.2 Å². The maximum Gasteiger partial charge on any atom is 0.433 e. The highest BCUT2D eigenvalue weighted by molar-refractivity contribution is 6.05. The Morgan fingerprint density at radius 3 is 2.52 bits per heavy atom. The number of anilines is 1. The molecule has 0 aliphatic heterocycles. The molecular weight excluding hydrogens is 337 g/mol. The third-order valence-electron chi connectivity index (χ3n) is 3.42. The van der Waals surface area contributed by atoms with E-state index in [0.29, 0.717) is 5.78 Å². The number of fused-ring (bicyclic) bond motifs is 1. The van der Waals surface area contributed by atoms with Crippen LogP contribution in [0.4, 0.5) is 18.9 Å². The molecule has 132 valence electrons. The monoisotopic (exact) mass is 352 g/mol. The molecule has 0 unspecified atom stereocenters. The zero-order chi connectivity index (χ0) is 18.4. The molecular formula is C15H15F3N6O. The van der Waals surface area contributed by atoms with Gasteiger partial charge in [-0.05, 0) is 20.8 Å². The summed E-state index contributed by atoms with van der Waals surface area (Å²) < 4.78 is 42.8. The van der Waals surface area contributed by atoms with Crippen LogP contribution in [0.1, 0.15) is 36.8 Å². The van der Waals surface area contributed by atoms with Gasteiger partial charge in [0.2, 0.25) is 5.78 Å². The summed E-state index contributed by atoms with van der Waals surface area (Å²) >= 11 is 0. The molecule has 3 rings (SSSR count).